The zero-order valence-electron chi connectivity index (χ0n) is 14.9. The number of pyridine rings is 1. The molecule has 0 unspecified atom stereocenters. The molecule has 0 saturated carbocycles. The first-order chi connectivity index (χ1) is 13.0. The summed E-state index contributed by atoms with van der Waals surface area (Å²) in [7, 11) is -3.74. The van der Waals surface area contributed by atoms with Crippen LogP contribution in [0.4, 0.5) is 5.69 Å². The number of rotatable bonds is 3. The van der Waals surface area contributed by atoms with Gasteiger partial charge in [0.2, 0.25) is 9.84 Å². The standard InChI is InChI=1S/C20H19ClN2O3S/c1-14-2-7-18-17(12-14)20(23-8-10-26-11-9-23)19(13-22-18)27(24,25)16-5-3-15(21)4-6-16/h2-7,12-13H,8-11H2,1H3. The Morgan fingerprint density at radius 2 is 1.78 bits per heavy atom. The largest absolute Gasteiger partial charge is 0.378 e. The molecule has 0 bridgehead atoms. The van der Waals surface area contributed by atoms with Gasteiger partial charge in [0.1, 0.15) is 4.90 Å². The molecule has 1 saturated heterocycles. The van der Waals surface area contributed by atoms with E-state index in [4.69, 9.17) is 16.3 Å². The monoisotopic (exact) mass is 402 g/mol. The van der Waals surface area contributed by atoms with Gasteiger partial charge in [0, 0.05) is 29.7 Å². The SMILES string of the molecule is Cc1ccc2ncc(S(=O)(=O)c3ccc(Cl)cc3)c(N3CCOCC3)c2c1. The topological polar surface area (TPSA) is 59.5 Å². The third kappa shape index (κ3) is 3.40. The molecule has 0 N–H and O–H groups in total. The fourth-order valence-corrected chi connectivity index (χ4v) is 4.88. The average Bonchev–Trinajstić information content (AvgIpc) is 2.68. The molecule has 4 rings (SSSR count). The zero-order chi connectivity index (χ0) is 19.0. The fourth-order valence-electron chi connectivity index (χ4n) is 3.32. The van der Waals surface area contributed by atoms with Gasteiger partial charge in [-0.3, -0.25) is 4.98 Å². The molecular formula is C20H19ClN2O3S. The van der Waals surface area contributed by atoms with Crippen molar-refractivity contribution in [2.45, 2.75) is 16.7 Å². The van der Waals surface area contributed by atoms with E-state index in [1.165, 1.54) is 18.3 Å². The van der Waals surface area contributed by atoms with Crippen molar-refractivity contribution >= 4 is 38.0 Å². The first-order valence-electron chi connectivity index (χ1n) is 8.69. The molecule has 1 aliphatic heterocycles. The lowest BCUT2D eigenvalue weighted by Crippen LogP contribution is -2.37. The maximum Gasteiger partial charge on any atom is 0.210 e. The highest BCUT2D eigenvalue weighted by molar-refractivity contribution is 7.91. The van der Waals surface area contributed by atoms with Crippen LogP contribution in [0.15, 0.2) is 58.5 Å². The minimum absolute atomic E-state index is 0.204. The first kappa shape index (κ1) is 18.2. The molecule has 1 aliphatic rings. The van der Waals surface area contributed by atoms with Gasteiger partial charge in [-0.05, 0) is 43.3 Å². The minimum atomic E-state index is -3.74. The molecule has 27 heavy (non-hydrogen) atoms. The Morgan fingerprint density at radius 3 is 2.48 bits per heavy atom. The summed E-state index contributed by atoms with van der Waals surface area (Å²) < 4.78 is 32.3. The number of aromatic nitrogens is 1. The van der Waals surface area contributed by atoms with Crippen LogP contribution in [-0.2, 0) is 14.6 Å². The number of sulfone groups is 1. The second kappa shape index (κ2) is 7.11. The third-order valence-electron chi connectivity index (χ3n) is 4.70. The Labute approximate surface area is 163 Å². The smallest absolute Gasteiger partial charge is 0.210 e. The van der Waals surface area contributed by atoms with Crippen LogP contribution in [0.2, 0.25) is 5.02 Å². The Morgan fingerprint density at radius 1 is 1.07 bits per heavy atom. The van der Waals surface area contributed by atoms with Crippen LogP contribution in [0.5, 0.6) is 0 Å². The van der Waals surface area contributed by atoms with Crippen LogP contribution in [0, 0.1) is 6.92 Å². The molecule has 7 heteroatoms. The van der Waals surface area contributed by atoms with Crippen LogP contribution in [-0.4, -0.2) is 39.7 Å². The van der Waals surface area contributed by atoms with Crippen molar-refractivity contribution in [2.24, 2.45) is 0 Å². The summed E-state index contributed by atoms with van der Waals surface area (Å²) in [5.41, 5.74) is 2.53. The highest BCUT2D eigenvalue weighted by atomic mass is 35.5. The number of benzene rings is 2. The first-order valence-corrected chi connectivity index (χ1v) is 10.6. The third-order valence-corrected chi connectivity index (χ3v) is 6.72. The molecule has 2 heterocycles. The summed E-state index contributed by atoms with van der Waals surface area (Å²) in [6.45, 7) is 4.39. The molecule has 2 aromatic carbocycles. The summed E-state index contributed by atoms with van der Waals surface area (Å²) in [5, 5.41) is 1.33. The molecule has 0 spiro atoms. The molecule has 5 nitrogen and oxygen atoms in total. The minimum Gasteiger partial charge on any atom is -0.378 e. The predicted molar refractivity (Wildman–Crippen MR) is 106 cm³/mol. The quantitative estimate of drug-likeness (QED) is 0.665. The Balaban J connectivity index is 1.98. The maximum absolute atomic E-state index is 13.4. The van der Waals surface area contributed by atoms with Gasteiger partial charge in [0.15, 0.2) is 0 Å². The number of hydrogen-bond acceptors (Lipinski definition) is 5. The molecule has 1 aromatic heterocycles. The fraction of sp³-hybridized carbons (Fsp3) is 0.250. The number of ether oxygens (including phenoxy) is 1. The van der Waals surface area contributed by atoms with Gasteiger partial charge in [-0.2, -0.15) is 0 Å². The number of hydrogen-bond donors (Lipinski definition) is 0. The Kier molecular flexibility index (Phi) is 4.80. The lowest BCUT2D eigenvalue weighted by molar-refractivity contribution is 0.122. The predicted octanol–water partition coefficient (Wildman–Crippen LogP) is 3.87. The van der Waals surface area contributed by atoms with Gasteiger partial charge in [-0.15, -0.1) is 0 Å². The van der Waals surface area contributed by atoms with E-state index in [0.717, 1.165) is 16.5 Å². The second-order valence-corrected chi connectivity index (χ2v) is 8.90. The highest BCUT2D eigenvalue weighted by Gasteiger charge is 2.27. The molecule has 0 radical (unpaired) electrons. The van der Waals surface area contributed by atoms with Crippen LogP contribution >= 0.6 is 11.6 Å². The summed E-state index contributed by atoms with van der Waals surface area (Å²) in [6, 6.07) is 12.1. The normalized spacial score (nSPS) is 15.3. The number of fused-ring (bicyclic) bond motifs is 1. The van der Waals surface area contributed by atoms with E-state index >= 15 is 0 Å². The second-order valence-electron chi connectivity index (χ2n) is 6.55. The molecule has 0 amide bonds. The van der Waals surface area contributed by atoms with Crippen molar-refractivity contribution in [2.75, 3.05) is 31.2 Å². The Hall–Kier alpha value is -2.15. The van der Waals surface area contributed by atoms with Crippen LogP contribution in [0.25, 0.3) is 10.9 Å². The van der Waals surface area contributed by atoms with Gasteiger partial charge < -0.3 is 9.64 Å². The highest BCUT2D eigenvalue weighted by Crippen LogP contribution is 2.36. The lowest BCUT2D eigenvalue weighted by Gasteiger charge is -2.31. The number of anilines is 1. The summed E-state index contributed by atoms with van der Waals surface area (Å²) in [4.78, 5) is 6.92. The van der Waals surface area contributed by atoms with Gasteiger partial charge in [0.25, 0.3) is 0 Å². The van der Waals surface area contributed by atoms with E-state index in [-0.39, 0.29) is 9.79 Å². The average molecular weight is 403 g/mol. The van der Waals surface area contributed by atoms with Crippen molar-refractivity contribution in [1.82, 2.24) is 4.98 Å². The van der Waals surface area contributed by atoms with E-state index in [9.17, 15) is 8.42 Å². The molecule has 0 atom stereocenters. The van der Waals surface area contributed by atoms with Crippen molar-refractivity contribution in [3.05, 3.63) is 59.2 Å². The van der Waals surface area contributed by atoms with E-state index in [2.05, 4.69) is 9.88 Å². The van der Waals surface area contributed by atoms with Crippen LogP contribution in [0.1, 0.15) is 5.56 Å². The van der Waals surface area contributed by atoms with Crippen LogP contribution in [0.3, 0.4) is 0 Å². The van der Waals surface area contributed by atoms with Crippen LogP contribution < -0.4 is 4.90 Å². The van der Waals surface area contributed by atoms with Gasteiger partial charge in [0.05, 0.1) is 29.3 Å². The summed E-state index contributed by atoms with van der Waals surface area (Å²) in [6.07, 6.45) is 1.46. The summed E-state index contributed by atoms with van der Waals surface area (Å²) >= 11 is 5.93. The van der Waals surface area contributed by atoms with E-state index in [0.29, 0.717) is 37.0 Å². The molecule has 3 aromatic rings. The van der Waals surface area contributed by atoms with E-state index in [1.807, 2.05) is 25.1 Å². The van der Waals surface area contributed by atoms with Gasteiger partial charge in [-0.1, -0.05) is 23.2 Å². The molecular weight excluding hydrogens is 384 g/mol. The van der Waals surface area contributed by atoms with Crippen molar-refractivity contribution in [3.63, 3.8) is 0 Å². The number of aryl methyl sites for hydroxylation is 1. The lowest BCUT2D eigenvalue weighted by atomic mass is 10.1. The van der Waals surface area contributed by atoms with Crippen molar-refractivity contribution in [3.8, 4) is 0 Å². The van der Waals surface area contributed by atoms with E-state index < -0.39 is 9.84 Å². The Bertz CT molecular complexity index is 1090. The summed E-state index contributed by atoms with van der Waals surface area (Å²) in [5.74, 6) is 0. The zero-order valence-corrected chi connectivity index (χ0v) is 16.4. The van der Waals surface area contributed by atoms with Gasteiger partial charge in [-0.25, -0.2) is 8.42 Å². The van der Waals surface area contributed by atoms with Crippen molar-refractivity contribution in [1.29, 1.82) is 0 Å². The van der Waals surface area contributed by atoms with Crippen molar-refractivity contribution < 1.29 is 13.2 Å². The number of morpholine rings is 1. The van der Waals surface area contributed by atoms with Gasteiger partial charge >= 0.3 is 0 Å². The molecule has 1 fully saturated rings. The molecule has 140 valence electrons. The number of halogens is 1. The maximum atomic E-state index is 13.4. The van der Waals surface area contributed by atoms with E-state index in [1.54, 1.807) is 12.1 Å². The number of nitrogens with zero attached hydrogens (tertiary/aromatic N) is 2. The molecule has 0 aliphatic carbocycles.